The van der Waals surface area contributed by atoms with Crippen molar-refractivity contribution < 1.29 is 9.53 Å². The number of fused-ring (bicyclic) bond motifs is 3. The van der Waals surface area contributed by atoms with Crippen molar-refractivity contribution >= 4 is 5.97 Å². The first kappa shape index (κ1) is 12.4. The number of carbonyl (C=O) groups is 1. The average molecular weight is 271 g/mol. The van der Waals surface area contributed by atoms with Gasteiger partial charge in [-0.15, -0.1) is 0 Å². The van der Waals surface area contributed by atoms with E-state index in [2.05, 4.69) is 29.2 Å². The second kappa shape index (κ2) is 4.88. The van der Waals surface area contributed by atoms with Gasteiger partial charge >= 0.3 is 5.97 Å². The molecule has 2 fully saturated rings. The fourth-order valence-corrected chi connectivity index (χ4v) is 4.20. The van der Waals surface area contributed by atoms with Crippen LogP contribution in [0.15, 0.2) is 24.3 Å². The van der Waals surface area contributed by atoms with Crippen molar-refractivity contribution in [2.75, 3.05) is 13.1 Å². The van der Waals surface area contributed by atoms with Crippen molar-refractivity contribution in [1.82, 2.24) is 4.90 Å². The third kappa shape index (κ3) is 1.87. The zero-order valence-corrected chi connectivity index (χ0v) is 11.8. The lowest BCUT2D eigenvalue weighted by Gasteiger charge is -2.35. The number of rotatable bonds is 1. The number of hydrogen-bond acceptors (Lipinski definition) is 3. The third-order valence-electron chi connectivity index (χ3n) is 5.17. The topological polar surface area (TPSA) is 29.5 Å². The molecule has 106 valence electrons. The molecule has 0 spiro atoms. The Balaban J connectivity index is 1.64. The van der Waals surface area contributed by atoms with Crippen LogP contribution in [-0.4, -0.2) is 30.0 Å². The van der Waals surface area contributed by atoms with Crippen LogP contribution in [0.5, 0.6) is 0 Å². The largest absolute Gasteiger partial charge is 0.456 e. The summed E-state index contributed by atoms with van der Waals surface area (Å²) in [7, 11) is 0. The molecule has 0 radical (unpaired) electrons. The summed E-state index contributed by atoms with van der Waals surface area (Å²) < 4.78 is 5.78. The van der Waals surface area contributed by atoms with E-state index in [4.69, 9.17) is 4.74 Å². The van der Waals surface area contributed by atoms with Crippen LogP contribution in [0.25, 0.3) is 0 Å². The molecule has 20 heavy (non-hydrogen) atoms. The lowest BCUT2D eigenvalue weighted by molar-refractivity contribution is -0.145. The predicted molar refractivity (Wildman–Crippen MR) is 76.3 cm³/mol. The SMILES string of the molecule is O=C1O[C@@H]2c3ccccc3CC[C@@H]2[C@@H]1N1CCCCC1. The number of hydrogen-bond donors (Lipinski definition) is 0. The molecule has 4 rings (SSSR count). The summed E-state index contributed by atoms with van der Waals surface area (Å²) in [6.07, 6.45) is 5.90. The minimum Gasteiger partial charge on any atom is -0.456 e. The number of benzene rings is 1. The molecule has 0 bridgehead atoms. The average Bonchev–Trinajstić information content (AvgIpc) is 2.84. The lowest BCUT2D eigenvalue weighted by Crippen LogP contribution is -2.46. The monoisotopic (exact) mass is 271 g/mol. The van der Waals surface area contributed by atoms with Gasteiger partial charge in [0.1, 0.15) is 12.1 Å². The van der Waals surface area contributed by atoms with Gasteiger partial charge in [-0.2, -0.15) is 0 Å². The van der Waals surface area contributed by atoms with E-state index in [-0.39, 0.29) is 18.1 Å². The Bertz CT molecular complexity index is 521. The maximum Gasteiger partial charge on any atom is 0.324 e. The van der Waals surface area contributed by atoms with Gasteiger partial charge in [0.2, 0.25) is 0 Å². The van der Waals surface area contributed by atoms with Crippen LogP contribution in [0.4, 0.5) is 0 Å². The number of carbonyl (C=O) groups excluding carboxylic acids is 1. The number of aryl methyl sites for hydroxylation is 1. The molecule has 2 saturated heterocycles. The summed E-state index contributed by atoms with van der Waals surface area (Å²) in [5.74, 6) is 0.370. The van der Waals surface area contributed by atoms with E-state index in [0.717, 1.165) is 25.9 Å². The minimum atomic E-state index is -0.000577. The quantitative estimate of drug-likeness (QED) is 0.736. The first-order valence-electron chi connectivity index (χ1n) is 7.87. The molecule has 2 heterocycles. The van der Waals surface area contributed by atoms with E-state index >= 15 is 0 Å². The zero-order valence-electron chi connectivity index (χ0n) is 11.8. The van der Waals surface area contributed by atoms with Crippen molar-refractivity contribution in [3.8, 4) is 0 Å². The van der Waals surface area contributed by atoms with Gasteiger partial charge in [-0.1, -0.05) is 30.7 Å². The second-order valence-electron chi connectivity index (χ2n) is 6.30. The standard InChI is InChI=1S/C17H21NO2/c19-17-15(18-10-4-1-5-11-18)14-9-8-12-6-2-3-7-13(12)16(14)20-17/h2-3,6-7,14-16H,1,4-5,8-11H2/t14-,15+,16-/m1/s1. The summed E-state index contributed by atoms with van der Waals surface area (Å²) in [4.78, 5) is 14.8. The number of likely N-dealkylation sites (tertiary alicyclic amines) is 1. The molecule has 1 aliphatic carbocycles. The summed E-state index contributed by atoms with van der Waals surface area (Å²) in [6.45, 7) is 2.12. The Morgan fingerprint density at radius 2 is 1.90 bits per heavy atom. The van der Waals surface area contributed by atoms with Gasteiger partial charge in [0, 0.05) is 5.92 Å². The first-order chi connectivity index (χ1) is 9.84. The smallest absolute Gasteiger partial charge is 0.324 e. The van der Waals surface area contributed by atoms with Gasteiger partial charge in [0.25, 0.3) is 0 Å². The molecule has 0 aromatic heterocycles. The van der Waals surface area contributed by atoms with Crippen LogP contribution in [0.3, 0.4) is 0 Å². The Kier molecular flexibility index (Phi) is 3.03. The van der Waals surface area contributed by atoms with Gasteiger partial charge in [0.05, 0.1) is 0 Å². The van der Waals surface area contributed by atoms with Crippen LogP contribution in [-0.2, 0) is 16.0 Å². The Morgan fingerprint density at radius 1 is 1.10 bits per heavy atom. The fourth-order valence-electron chi connectivity index (χ4n) is 4.20. The second-order valence-corrected chi connectivity index (χ2v) is 6.30. The number of piperidine rings is 1. The molecule has 1 aromatic carbocycles. The molecule has 0 amide bonds. The summed E-state index contributed by atoms with van der Waals surface area (Å²) in [5, 5.41) is 0. The maximum absolute atomic E-state index is 12.4. The third-order valence-corrected chi connectivity index (χ3v) is 5.17. The van der Waals surface area contributed by atoms with E-state index in [1.165, 1.54) is 30.4 Å². The molecule has 1 aromatic rings. The molecular weight excluding hydrogens is 250 g/mol. The van der Waals surface area contributed by atoms with Crippen LogP contribution in [0.2, 0.25) is 0 Å². The van der Waals surface area contributed by atoms with Gasteiger partial charge in [0.15, 0.2) is 0 Å². The predicted octanol–water partition coefficient (Wildman–Crippen LogP) is 2.70. The number of ether oxygens (including phenoxy) is 1. The highest BCUT2D eigenvalue weighted by Gasteiger charge is 2.49. The van der Waals surface area contributed by atoms with Gasteiger partial charge < -0.3 is 4.74 Å². The molecule has 3 heteroatoms. The maximum atomic E-state index is 12.4. The zero-order chi connectivity index (χ0) is 13.5. The molecule has 2 aliphatic heterocycles. The summed E-state index contributed by atoms with van der Waals surface area (Å²) in [6, 6.07) is 8.46. The van der Waals surface area contributed by atoms with Crippen molar-refractivity contribution in [1.29, 1.82) is 0 Å². The van der Waals surface area contributed by atoms with Crippen molar-refractivity contribution in [2.24, 2.45) is 5.92 Å². The Labute approximate surface area is 119 Å². The molecule has 3 aliphatic rings. The normalized spacial score (nSPS) is 33.4. The highest BCUT2D eigenvalue weighted by molar-refractivity contribution is 5.79. The van der Waals surface area contributed by atoms with Crippen LogP contribution < -0.4 is 0 Å². The van der Waals surface area contributed by atoms with E-state index in [0.29, 0.717) is 5.92 Å². The Hall–Kier alpha value is -1.35. The van der Waals surface area contributed by atoms with Crippen molar-refractivity contribution in [3.63, 3.8) is 0 Å². The van der Waals surface area contributed by atoms with E-state index in [9.17, 15) is 4.79 Å². The molecule has 3 atom stereocenters. The van der Waals surface area contributed by atoms with Crippen molar-refractivity contribution in [2.45, 2.75) is 44.2 Å². The Morgan fingerprint density at radius 3 is 2.75 bits per heavy atom. The molecule has 0 saturated carbocycles. The molecule has 0 unspecified atom stereocenters. The number of esters is 1. The van der Waals surface area contributed by atoms with E-state index < -0.39 is 0 Å². The summed E-state index contributed by atoms with van der Waals surface area (Å²) >= 11 is 0. The fraction of sp³-hybridized carbons (Fsp3) is 0.588. The molecule has 3 nitrogen and oxygen atoms in total. The van der Waals surface area contributed by atoms with Gasteiger partial charge in [-0.3, -0.25) is 9.69 Å². The van der Waals surface area contributed by atoms with E-state index in [1.807, 2.05) is 0 Å². The van der Waals surface area contributed by atoms with Crippen molar-refractivity contribution in [3.05, 3.63) is 35.4 Å². The van der Waals surface area contributed by atoms with Gasteiger partial charge in [-0.05, 0) is 49.9 Å². The lowest BCUT2D eigenvalue weighted by atomic mass is 9.78. The van der Waals surface area contributed by atoms with Crippen LogP contribution >= 0.6 is 0 Å². The minimum absolute atomic E-state index is 0.000577. The van der Waals surface area contributed by atoms with E-state index in [1.54, 1.807) is 0 Å². The molecular formula is C17H21NO2. The number of nitrogens with zero attached hydrogens (tertiary/aromatic N) is 1. The highest BCUT2D eigenvalue weighted by Crippen LogP contribution is 2.45. The molecule has 0 N–H and O–H groups in total. The van der Waals surface area contributed by atoms with Crippen LogP contribution in [0, 0.1) is 5.92 Å². The highest BCUT2D eigenvalue weighted by atomic mass is 16.6. The summed E-state index contributed by atoms with van der Waals surface area (Å²) in [5.41, 5.74) is 2.61. The first-order valence-corrected chi connectivity index (χ1v) is 7.87. The van der Waals surface area contributed by atoms with Crippen LogP contribution in [0.1, 0.15) is 42.9 Å². The van der Waals surface area contributed by atoms with Gasteiger partial charge in [-0.25, -0.2) is 0 Å².